The summed E-state index contributed by atoms with van der Waals surface area (Å²) in [5.74, 6) is -4.42. The molecule has 0 aliphatic carbocycles. The lowest BCUT2D eigenvalue weighted by Gasteiger charge is -2.37. The number of ether oxygens (including phenoxy) is 1. The number of carboxylic acid groups (broad SMARTS) is 1. The molecule has 1 heterocycles. The van der Waals surface area contributed by atoms with Gasteiger partial charge in [0.1, 0.15) is 17.5 Å². The molecular weight excluding hydrogens is 515 g/mol. The number of carbonyl (C=O) groups is 1. The van der Waals surface area contributed by atoms with Gasteiger partial charge in [-0.1, -0.05) is 55.5 Å². The molecule has 0 saturated heterocycles. The highest BCUT2D eigenvalue weighted by Crippen LogP contribution is 2.42. The van der Waals surface area contributed by atoms with Crippen LogP contribution in [0.25, 0.3) is 10.8 Å². The van der Waals surface area contributed by atoms with E-state index in [9.17, 15) is 18.7 Å². The highest BCUT2D eigenvalue weighted by atomic mass is 35.5. The predicted molar refractivity (Wildman–Crippen MR) is 145 cm³/mol. The fourth-order valence-electron chi connectivity index (χ4n) is 5.14. The Morgan fingerprint density at radius 3 is 2.50 bits per heavy atom. The topological polar surface area (TPSA) is 49.8 Å². The first-order valence-corrected chi connectivity index (χ1v) is 12.3. The van der Waals surface area contributed by atoms with Crippen LogP contribution in [0.2, 0.25) is 0 Å². The molecule has 1 aliphatic rings. The molecule has 38 heavy (non-hydrogen) atoms. The molecule has 1 aliphatic heterocycles. The Balaban J connectivity index is 0.00000336. The van der Waals surface area contributed by atoms with Crippen LogP contribution in [0.15, 0.2) is 72.8 Å². The molecule has 8 heteroatoms. The van der Waals surface area contributed by atoms with E-state index in [1.54, 1.807) is 6.07 Å². The Kier molecular flexibility index (Phi) is 8.17. The van der Waals surface area contributed by atoms with E-state index in [0.717, 1.165) is 18.9 Å². The second kappa shape index (κ2) is 11.4. The number of nitrogens with zero attached hydrogens (tertiary/aromatic N) is 1. The van der Waals surface area contributed by atoms with Crippen molar-refractivity contribution >= 4 is 40.5 Å². The van der Waals surface area contributed by atoms with Crippen molar-refractivity contribution in [3.63, 3.8) is 0 Å². The summed E-state index contributed by atoms with van der Waals surface area (Å²) in [5.41, 5.74) is 0.350. The molecule has 0 bridgehead atoms. The lowest BCUT2D eigenvalue weighted by Crippen LogP contribution is -2.38. The molecule has 0 aromatic heterocycles. The fraction of sp³-hybridized carbons (Fsp3) is 0.233. The third-order valence-corrected chi connectivity index (χ3v) is 7.00. The third-order valence-electron chi connectivity index (χ3n) is 7.00. The number of fused-ring (bicyclic) bond motifs is 2. The third kappa shape index (κ3) is 5.16. The van der Waals surface area contributed by atoms with Gasteiger partial charge in [0.15, 0.2) is 17.4 Å². The number of aromatic carboxylic acids is 1. The molecule has 1 unspecified atom stereocenters. The minimum Gasteiger partial charge on any atom is -0.483 e. The summed E-state index contributed by atoms with van der Waals surface area (Å²) < 4.78 is 49.9. The summed E-state index contributed by atoms with van der Waals surface area (Å²) in [5, 5.41) is 11.7. The van der Waals surface area contributed by atoms with Crippen molar-refractivity contribution in [3.8, 4) is 5.75 Å². The molecule has 0 spiro atoms. The van der Waals surface area contributed by atoms with Crippen LogP contribution >= 0.6 is 12.4 Å². The lowest BCUT2D eigenvalue weighted by molar-refractivity contribution is 0.0686. The molecule has 0 saturated carbocycles. The Morgan fingerprint density at radius 1 is 0.974 bits per heavy atom. The van der Waals surface area contributed by atoms with Crippen LogP contribution in [0.3, 0.4) is 0 Å². The Morgan fingerprint density at radius 2 is 1.71 bits per heavy atom. The number of para-hydroxylation sites is 1. The van der Waals surface area contributed by atoms with Gasteiger partial charge in [-0.15, -0.1) is 12.4 Å². The predicted octanol–water partition coefficient (Wildman–Crippen LogP) is 8.25. The molecule has 2 atom stereocenters. The van der Waals surface area contributed by atoms with Crippen LogP contribution in [0.5, 0.6) is 5.75 Å². The average molecular weight is 542 g/mol. The number of anilines is 2. The Hall–Kier alpha value is -3.71. The summed E-state index contributed by atoms with van der Waals surface area (Å²) in [6.45, 7) is 2.34. The van der Waals surface area contributed by atoms with Crippen molar-refractivity contribution < 1.29 is 27.8 Å². The van der Waals surface area contributed by atoms with E-state index in [0.29, 0.717) is 6.42 Å². The molecule has 4 aromatic rings. The van der Waals surface area contributed by atoms with Crippen LogP contribution in [0.1, 0.15) is 48.0 Å². The van der Waals surface area contributed by atoms with Gasteiger partial charge in [0.05, 0.1) is 17.9 Å². The van der Waals surface area contributed by atoms with Gasteiger partial charge in [0.25, 0.3) is 0 Å². The van der Waals surface area contributed by atoms with Gasteiger partial charge in [0.2, 0.25) is 0 Å². The quantitative estimate of drug-likeness (QED) is 0.256. The molecule has 1 N–H and O–H groups in total. The fourth-order valence-corrected chi connectivity index (χ4v) is 5.14. The molecular formula is C30H27ClF3NO3. The van der Waals surface area contributed by atoms with Gasteiger partial charge in [-0.05, 0) is 65.8 Å². The van der Waals surface area contributed by atoms with E-state index in [1.807, 2.05) is 12.1 Å². The van der Waals surface area contributed by atoms with Gasteiger partial charge < -0.3 is 14.7 Å². The number of rotatable bonds is 7. The highest BCUT2D eigenvalue weighted by molar-refractivity contribution is 5.90. The van der Waals surface area contributed by atoms with Crippen LogP contribution in [-0.2, 0) is 0 Å². The lowest BCUT2D eigenvalue weighted by atomic mass is 9.90. The van der Waals surface area contributed by atoms with Crippen molar-refractivity contribution in [1.29, 1.82) is 0 Å². The van der Waals surface area contributed by atoms with E-state index >= 15 is 4.39 Å². The zero-order valence-electron chi connectivity index (χ0n) is 20.7. The molecule has 0 radical (unpaired) electrons. The largest absolute Gasteiger partial charge is 0.483 e. The van der Waals surface area contributed by atoms with Gasteiger partial charge in [0, 0.05) is 0 Å². The van der Waals surface area contributed by atoms with E-state index in [2.05, 4.69) is 37.3 Å². The number of carboxylic acids is 1. The second-order valence-corrected chi connectivity index (χ2v) is 9.40. The minimum absolute atomic E-state index is 0. The van der Waals surface area contributed by atoms with Gasteiger partial charge >= 0.3 is 5.97 Å². The van der Waals surface area contributed by atoms with Crippen molar-refractivity contribution in [3.05, 3.63) is 101 Å². The normalized spacial score (nSPS) is 15.4. The maximum atomic E-state index is 15.2. The maximum Gasteiger partial charge on any atom is 0.341 e. The average Bonchev–Trinajstić information content (AvgIpc) is 2.88. The molecule has 4 nitrogen and oxygen atoms in total. The van der Waals surface area contributed by atoms with Crippen molar-refractivity contribution in [1.82, 2.24) is 0 Å². The summed E-state index contributed by atoms with van der Waals surface area (Å²) in [7, 11) is 0. The maximum absolute atomic E-state index is 15.2. The van der Waals surface area contributed by atoms with E-state index in [-0.39, 0.29) is 42.0 Å². The first kappa shape index (κ1) is 27.3. The second-order valence-electron chi connectivity index (χ2n) is 9.40. The van der Waals surface area contributed by atoms with Crippen LogP contribution in [-0.4, -0.2) is 23.7 Å². The van der Waals surface area contributed by atoms with Gasteiger partial charge in [-0.2, -0.15) is 0 Å². The summed E-state index contributed by atoms with van der Waals surface area (Å²) in [6, 6.07) is 20.9. The number of benzene rings is 4. The Labute approximate surface area is 225 Å². The smallest absolute Gasteiger partial charge is 0.341 e. The number of hydrogen-bond acceptors (Lipinski definition) is 3. The zero-order chi connectivity index (χ0) is 26.1. The first-order chi connectivity index (χ1) is 17.8. The standard InChI is InChI=1S/C30H26F3NO3.ClH/c1-18(21-12-5-9-19-8-2-3-11-22(19)21)7-4-10-20-17-34(26-14-6-13-24(32)29(26)37-20)25-16-15-23(31)27(28(25)33)30(35)36;/h2-3,5-6,8-9,11-16,18,20H,4,7,10,17H2,1H3,(H,35,36);1H/t18-,20?;/m0./s1. The SMILES string of the molecule is C[C@@H](CCCC1CN(c2ccc(F)c(C(=O)O)c2F)c2cccc(F)c2O1)c1cccc2ccccc12.Cl. The van der Waals surface area contributed by atoms with Crippen molar-refractivity contribution in [2.45, 2.75) is 38.2 Å². The van der Waals surface area contributed by atoms with Gasteiger partial charge in [-0.3, -0.25) is 0 Å². The molecule has 0 amide bonds. The zero-order valence-corrected chi connectivity index (χ0v) is 21.5. The van der Waals surface area contributed by atoms with Crippen molar-refractivity contribution in [2.75, 3.05) is 11.4 Å². The van der Waals surface area contributed by atoms with E-state index in [1.165, 1.54) is 39.4 Å². The Bertz CT molecular complexity index is 1470. The summed E-state index contributed by atoms with van der Waals surface area (Å²) >= 11 is 0. The van der Waals surface area contributed by atoms with Crippen LogP contribution in [0, 0.1) is 17.5 Å². The molecule has 5 rings (SSSR count). The summed E-state index contributed by atoms with van der Waals surface area (Å²) in [6.07, 6.45) is 1.75. The first-order valence-electron chi connectivity index (χ1n) is 12.3. The van der Waals surface area contributed by atoms with E-state index < -0.39 is 35.1 Å². The van der Waals surface area contributed by atoms with Crippen LogP contribution < -0.4 is 9.64 Å². The highest BCUT2D eigenvalue weighted by Gasteiger charge is 2.32. The van der Waals surface area contributed by atoms with E-state index in [4.69, 9.17) is 4.74 Å². The molecule has 4 aromatic carbocycles. The number of halogens is 4. The molecule has 0 fully saturated rings. The summed E-state index contributed by atoms with van der Waals surface area (Å²) in [4.78, 5) is 12.9. The van der Waals surface area contributed by atoms with Crippen LogP contribution in [0.4, 0.5) is 24.5 Å². The monoisotopic (exact) mass is 541 g/mol. The minimum atomic E-state index is -1.71. The van der Waals surface area contributed by atoms with Gasteiger partial charge in [-0.25, -0.2) is 18.0 Å². The number of hydrogen-bond donors (Lipinski definition) is 1. The molecule has 198 valence electrons. The van der Waals surface area contributed by atoms with Crippen molar-refractivity contribution in [2.24, 2.45) is 0 Å².